The Morgan fingerprint density at radius 1 is 1.10 bits per heavy atom. The Hall–Kier alpha value is -3.01. The van der Waals surface area contributed by atoms with Crippen molar-refractivity contribution in [2.75, 3.05) is 25.5 Å². The molecule has 0 unspecified atom stereocenters. The van der Waals surface area contributed by atoms with Gasteiger partial charge in [0.2, 0.25) is 15.6 Å². The van der Waals surface area contributed by atoms with Crippen LogP contribution in [0.25, 0.3) is 10.9 Å². The largest absolute Gasteiger partial charge is 0.380 e. The molecule has 1 heterocycles. The molecule has 31 heavy (non-hydrogen) atoms. The molecule has 0 fully saturated rings. The van der Waals surface area contributed by atoms with Crippen LogP contribution in [0.1, 0.15) is 29.8 Å². The van der Waals surface area contributed by atoms with Crippen LogP contribution in [0.5, 0.6) is 0 Å². The second kappa shape index (κ2) is 9.42. The normalized spacial score (nSPS) is 11.7. The highest BCUT2D eigenvalue weighted by Gasteiger charge is 2.23. The number of aromatic nitrogens is 1. The average molecular weight is 444 g/mol. The van der Waals surface area contributed by atoms with Crippen molar-refractivity contribution in [3.8, 4) is 0 Å². The molecule has 2 N–H and O–H groups in total. The highest BCUT2D eigenvalue weighted by Crippen LogP contribution is 2.24. The van der Waals surface area contributed by atoms with Gasteiger partial charge < -0.3 is 15.0 Å². The van der Waals surface area contributed by atoms with Crippen LogP contribution in [-0.2, 0) is 21.4 Å². The number of hydrogen-bond acceptors (Lipinski definition) is 5. The predicted octanol–water partition coefficient (Wildman–Crippen LogP) is 2.96. The lowest BCUT2D eigenvalue weighted by Gasteiger charge is -2.19. The van der Waals surface area contributed by atoms with Crippen molar-refractivity contribution in [3.05, 3.63) is 70.0 Å². The van der Waals surface area contributed by atoms with E-state index in [0.29, 0.717) is 36.3 Å². The number of carbonyl (C=O) groups excluding carboxylic acids is 1. The van der Waals surface area contributed by atoms with E-state index < -0.39 is 21.5 Å². The summed E-state index contributed by atoms with van der Waals surface area (Å²) in [4.78, 5) is 27.9. The Bertz CT molecular complexity index is 1260. The summed E-state index contributed by atoms with van der Waals surface area (Å²) in [6, 6.07) is 12.7. The zero-order valence-corrected chi connectivity index (χ0v) is 18.5. The lowest BCUT2D eigenvalue weighted by atomic mass is 10.1. The Morgan fingerprint density at radius 2 is 1.81 bits per heavy atom. The highest BCUT2D eigenvalue weighted by atomic mass is 32.2. The van der Waals surface area contributed by atoms with Crippen LogP contribution in [0, 0.1) is 0 Å². The fraction of sp³-hybridized carbons (Fsp3) is 0.273. The zero-order valence-electron chi connectivity index (χ0n) is 17.6. The molecule has 164 valence electrons. The molecule has 0 bridgehead atoms. The molecule has 1 aromatic heterocycles. The van der Waals surface area contributed by atoms with E-state index in [0.717, 1.165) is 5.56 Å². The molecule has 0 aliphatic rings. The van der Waals surface area contributed by atoms with Gasteiger partial charge in [-0.05, 0) is 24.3 Å². The molecule has 0 aliphatic heterocycles. The fourth-order valence-electron chi connectivity index (χ4n) is 3.41. The maximum absolute atomic E-state index is 13.1. The molecule has 0 saturated heterocycles. The number of hydrogen-bond donors (Lipinski definition) is 2. The fourth-order valence-corrected chi connectivity index (χ4v) is 4.89. The van der Waals surface area contributed by atoms with Crippen molar-refractivity contribution in [3.63, 3.8) is 0 Å². The zero-order chi connectivity index (χ0) is 22.6. The first kappa shape index (κ1) is 22.7. The third kappa shape index (κ3) is 4.68. The first-order valence-corrected chi connectivity index (χ1v) is 11.3. The number of anilines is 1. The maximum Gasteiger partial charge on any atom is 0.256 e. The van der Waals surface area contributed by atoms with Crippen molar-refractivity contribution >= 4 is 32.5 Å². The van der Waals surface area contributed by atoms with Gasteiger partial charge in [-0.2, -0.15) is 4.31 Å². The number of amides is 1. The Kier molecular flexibility index (Phi) is 6.89. The number of para-hydroxylation sites is 1. The molecule has 0 aliphatic carbocycles. The number of ether oxygens (including phenoxy) is 1. The molecule has 0 spiro atoms. The summed E-state index contributed by atoms with van der Waals surface area (Å²) in [7, 11) is -2.17. The minimum absolute atomic E-state index is 0.0598. The first-order chi connectivity index (χ1) is 14.8. The van der Waals surface area contributed by atoms with Crippen LogP contribution in [0.2, 0.25) is 0 Å². The minimum atomic E-state index is -3.73. The summed E-state index contributed by atoms with van der Waals surface area (Å²) < 4.78 is 32.4. The molecular weight excluding hydrogens is 418 g/mol. The Labute approximate surface area is 180 Å². The number of sulfonamides is 1. The molecule has 1 amide bonds. The Morgan fingerprint density at radius 3 is 2.48 bits per heavy atom. The lowest BCUT2D eigenvalue weighted by Crippen LogP contribution is -2.30. The van der Waals surface area contributed by atoms with Gasteiger partial charge in [0.15, 0.2) is 0 Å². The van der Waals surface area contributed by atoms with Crippen LogP contribution < -0.4 is 10.9 Å². The van der Waals surface area contributed by atoms with E-state index in [1.54, 1.807) is 33.1 Å². The van der Waals surface area contributed by atoms with Crippen molar-refractivity contribution < 1.29 is 17.9 Å². The van der Waals surface area contributed by atoms with Crippen LogP contribution in [0.15, 0.2) is 58.2 Å². The van der Waals surface area contributed by atoms with Crippen molar-refractivity contribution in [2.24, 2.45) is 0 Å². The molecule has 0 saturated carbocycles. The molecule has 9 heteroatoms. The van der Waals surface area contributed by atoms with Gasteiger partial charge >= 0.3 is 0 Å². The smallest absolute Gasteiger partial charge is 0.256 e. The first-order valence-electron chi connectivity index (χ1n) is 9.87. The van der Waals surface area contributed by atoms with Crippen LogP contribution in [-0.4, -0.2) is 43.8 Å². The minimum Gasteiger partial charge on any atom is -0.380 e. The molecule has 2 aromatic carbocycles. The van der Waals surface area contributed by atoms with Gasteiger partial charge in [-0.25, -0.2) is 8.42 Å². The third-order valence-corrected chi connectivity index (χ3v) is 7.01. The van der Waals surface area contributed by atoms with Crippen molar-refractivity contribution in [1.82, 2.24) is 9.29 Å². The number of H-pyrrole nitrogens is 1. The number of pyridine rings is 1. The number of benzene rings is 2. The van der Waals surface area contributed by atoms with E-state index in [-0.39, 0.29) is 10.5 Å². The van der Waals surface area contributed by atoms with Gasteiger partial charge in [0, 0.05) is 48.4 Å². The number of methoxy groups -OCH3 is 1. The summed E-state index contributed by atoms with van der Waals surface area (Å²) in [5, 5.41) is 3.14. The van der Waals surface area contributed by atoms with Crippen molar-refractivity contribution in [2.45, 2.75) is 25.3 Å². The number of carbonyl (C=O) groups is 1. The van der Waals surface area contributed by atoms with Gasteiger partial charge in [-0.15, -0.1) is 0 Å². The second-order valence-electron chi connectivity index (χ2n) is 6.89. The maximum atomic E-state index is 13.1. The van der Waals surface area contributed by atoms with Crippen LogP contribution in [0.4, 0.5) is 5.69 Å². The lowest BCUT2D eigenvalue weighted by molar-refractivity contribution is 0.102. The number of aromatic amines is 1. The average Bonchev–Trinajstić information content (AvgIpc) is 2.75. The monoisotopic (exact) mass is 443 g/mol. The SMILES string of the molecule is CCN(CC)S(=O)(=O)c1ccc2[nH]c(=O)cc(C(=O)Nc3ccccc3COC)c2c1. The standard InChI is InChI=1S/C22H25N3O5S/c1-4-25(5-2)31(28,29)16-10-11-20-17(12-16)18(13-21(26)23-20)22(27)24-19-9-7-6-8-15(19)14-30-3/h6-13H,4-5,14H2,1-3H3,(H,23,26)(H,24,27). The summed E-state index contributed by atoms with van der Waals surface area (Å²) >= 11 is 0. The molecule has 0 atom stereocenters. The molecule has 3 aromatic rings. The van der Waals surface area contributed by atoms with E-state index >= 15 is 0 Å². The van der Waals surface area contributed by atoms with E-state index in [9.17, 15) is 18.0 Å². The number of nitrogens with zero attached hydrogens (tertiary/aromatic N) is 1. The summed E-state index contributed by atoms with van der Waals surface area (Å²) in [6.45, 7) is 4.48. The van der Waals surface area contributed by atoms with Gasteiger partial charge in [-0.3, -0.25) is 9.59 Å². The van der Waals surface area contributed by atoms with Crippen LogP contribution >= 0.6 is 0 Å². The van der Waals surface area contributed by atoms with Crippen molar-refractivity contribution in [1.29, 1.82) is 0 Å². The van der Waals surface area contributed by atoms with Gasteiger partial charge in [0.05, 0.1) is 17.1 Å². The molecular formula is C22H25N3O5S. The second-order valence-corrected chi connectivity index (χ2v) is 8.83. The number of nitrogens with one attached hydrogen (secondary N) is 2. The highest BCUT2D eigenvalue weighted by molar-refractivity contribution is 7.89. The quantitative estimate of drug-likeness (QED) is 0.556. The predicted molar refractivity (Wildman–Crippen MR) is 120 cm³/mol. The number of fused-ring (bicyclic) bond motifs is 1. The molecule has 3 rings (SSSR count). The Balaban J connectivity index is 2.10. The van der Waals surface area contributed by atoms with Crippen LogP contribution in [0.3, 0.4) is 0 Å². The summed E-state index contributed by atoms with van der Waals surface area (Å²) in [6.07, 6.45) is 0. The molecule has 0 radical (unpaired) electrons. The van der Waals surface area contributed by atoms with Gasteiger partial charge in [-0.1, -0.05) is 32.0 Å². The molecule has 8 nitrogen and oxygen atoms in total. The van der Waals surface area contributed by atoms with Gasteiger partial charge in [0.1, 0.15) is 0 Å². The van der Waals surface area contributed by atoms with E-state index in [1.807, 2.05) is 12.1 Å². The summed E-state index contributed by atoms with van der Waals surface area (Å²) in [5.74, 6) is -0.517. The topological polar surface area (TPSA) is 109 Å². The third-order valence-electron chi connectivity index (χ3n) is 4.97. The number of rotatable bonds is 8. The van der Waals surface area contributed by atoms with E-state index in [1.165, 1.54) is 28.6 Å². The summed E-state index contributed by atoms with van der Waals surface area (Å²) in [5.41, 5.74) is 1.33. The van der Waals surface area contributed by atoms with Gasteiger partial charge in [0.25, 0.3) is 5.91 Å². The van der Waals surface area contributed by atoms with E-state index in [2.05, 4.69) is 10.3 Å². The van der Waals surface area contributed by atoms with E-state index in [4.69, 9.17) is 4.74 Å².